The molecule has 3 heteroatoms. The van der Waals surface area contributed by atoms with E-state index in [0.29, 0.717) is 6.10 Å². The number of hydrogen-bond donors (Lipinski definition) is 1. The minimum absolute atomic E-state index is 0.316. The minimum atomic E-state index is 0.316. The summed E-state index contributed by atoms with van der Waals surface area (Å²) in [7, 11) is 2.32. The fourth-order valence-electron chi connectivity index (χ4n) is 3.38. The number of hydrogen-bond acceptors (Lipinski definition) is 3. The first-order valence-corrected chi connectivity index (χ1v) is 6.88. The van der Waals surface area contributed by atoms with Gasteiger partial charge in [0.1, 0.15) is 0 Å². The van der Waals surface area contributed by atoms with Gasteiger partial charge in [0.25, 0.3) is 0 Å². The third kappa shape index (κ3) is 2.96. The predicted octanol–water partition coefficient (Wildman–Crippen LogP) is 2.45. The first kappa shape index (κ1) is 12.3. The number of nitrogens with zero attached hydrogens (tertiary/aromatic N) is 1. The molecule has 2 N–H and O–H groups in total. The van der Waals surface area contributed by atoms with Crippen LogP contribution in [-0.4, -0.2) is 30.1 Å². The van der Waals surface area contributed by atoms with Gasteiger partial charge in [0.05, 0.1) is 6.10 Å². The molecule has 0 amide bonds. The molecule has 0 unspecified atom stereocenters. The standard InChI is InChI=1S/C13H26N2O/c1-15(11-5-3-2-4-6-11)12-7-9-13(16-14)10-8-12/h11-13H,2-10,14H2,1H3. The summed E-state index contributed by atoms with van der Waals surface area (Å²) in [6, 6.07) is 1.61. The lowest BCUT2D eigenvalue weighted by atomic mass is 9.88. The Hall–Kier alpha value is -0.120. The zero-order valence-electron chi connectivity index (χ0n) is 10.5. The Bertz CT molecular complexity index is 196. The molecule has 2 fully saturated rings. The van der Waals surface area contributed by atoms with Crippen molar-refractivity contribution in [2.75, 3.05) is 7.05 Å². The van der Waals surface area contributed by atoms with Crippen molar-refractivity contribution < 1.29 is 4.84 Å². The van der Waals surface area contributed by atoms with E-state index in [1.54, 1.807) is 0 Å². The molecule has 0 aliphatic heterocycles. The van der Waals surface area contributed by atoms with Crippen molar-refractivity contribution in [2.24, 2.45) is 5.90 Å². The first-order valence-electron chi connectivity index (χ1n) is 6.88. The Balaban J connectivity index is 1.78. The molecule has 94 valence electrons. The zero-order chi connectivity index (χ0) is 11.4. The van der Waals surface area contributed by atoms with Crippen molar-refractivity contribution >= 4 is 0 Å². The van der Waals surface area contributed by atoms with Crippen LogP contribution in [0.4, 0.5) is 0 Å². The monoisotopic (exact) mass is 226 g/mol. The van der Waals surface area contributed by atoms with Crippen LogP contribution in [0.15, 0.2) is 0 Å². The van der Waals surface area contributed by atoms with Crippen molar-refractivity contribution in [3.63, 3.8) is 0 Å². The highest BCUT2D eigenvalue weighted by Crippen LogP contribution is 2.29. The molecular weight excluding hydrogens is 200 g/mol. The van der Waals surface area contributed by atoms with Gasteiger partial charge < -0.3 is 9.74 Å². The molecule has 2 aliphatic rings. The lowest BCUT2D eigenvalue weighted by Gasteiger charge is -2.40. The Morgan fingerprint density at radius 1 is 0.875 bits per heavy atom. The Morgan fingerprint density at radius 2 is 1.44 bits per heavy atom. The fraction of sp³-hybridized carbons (Fsp3) is 1.00. The van der Waals surface area contributed by atoms with E-state index in [1.807, 2.05) is 0 Å². The molecule has 0 aromatic carbocycles. The van der Waals surface area contributed by atoms with Crippen LogP contribution in [0.5, 0.6) is 0 Å². The van der Waals surface area contributed by atoms with Crippen LogP contribution in [0.1, 0.15) is 57.8 Å². The van der Waals surface area contributed by atoms with E-state index < -0.39 is 0 Å². The number of nitrogens with two attached hydrogens (primary N) is 1. The van der Waals surface area contributed by atoms with Gasteiger partial charge in [-0.05, 0) is 45.6 Å². The van der Waals surface area contributed by atoms with E-state index in [2.05, 4.69) is 11.9 Å². The van der Waals surface area contributed by atoms with Crippen LogP contribution in [0.3, 0.4) is 0 Å². The topological polar surface area (TPSA) is 38.5 Å². The summed E-state index contributed by atoms with van der Waals surface area (Å²) in [5, 5.41) is 0. The van der Waals surface area contributed by atoms with E-state index in [4.69, 9.17) is 10.7 Å². The van der Waals surface area contributed by atoms with Gasteiger partial charge in [-0.1, -0.05) is 19.3 Å². The van der Waals surface area contributed by atoms with Gasteiger partial charge in [-0.3, -0.25) is 0 Å². The molecule has 0 bridgehead atoms. The highest BCUT2D eigenvalue weighted by atomic mass is 16.6. The maximum Gasteiger partial charge on any atom is 0.0788 e. The van der Waals surface area contributed by atoms with Crippen molar-refractivity contribution in [3.8, 4) is 0 Å². The second-order valence-corrected chi connectivity index (χ2v) is 5.52. The minimum Gasteiger partial charge on any atom is -0.301 e. The molecule has 0 saturated heterocycles. The average molecular weight is 226 g/mol. The van der Waals surface area contributed by atoms with Gasteiger partial charge in [-0.15, -0.1) is 0 Å². The quantitative estimate of drug-likeness (QED) is 0.751. The van der Waals surface area contributed by atoms with Crippen LogP contribution in [0.25, 0.3) is 0 Å². The maximum absolute atomic E-state index is 5.25. The molecule has 0 aromatic heterocycles. The van der Waals surface area contributed by atoms with Crippen molar-refractivity contribution in [1.82, 2.24) is 4.90 Å². The van der Waals surface area contributed by atoms with Crippen LogP contribution < -0.4 is 5.90 Å². The van der Waals surface area contributed by atoms with Gasteiger partial charge >= 0.3 is 0 Å². The summed E-state index contributed by atoms with van der Waals surface area (Å²) in [5.74, 6) is 5.25. The summed E-state index contributed by atoms with van der Waals surface area (Å²) < 4.78 is 0. The summed E-state index contributed by atoms with van der Waals surface area (Å²) in [6.45, 7) is 0. The van der Waals surface area contributed by atoms with Crippen molar-refractivity contribution in [3.05, 3.63) is 0 Å². The molecular formula is C13H26N2O. The number of rotatable bonds is 3. The van der Waals surface area contributed by atoms with Crippen LogP contribution in [0.2, 0.25) is 0 Å². The summed E-state index contributed by atoms with van der Waals surface area (Å²) in [5.41, 5.74) is 0. The Morgan fingerprint density at radius 3 is 2.00 bits per heavy atom. The van der Waals surface area contributed by atoms with Gasteiger partial charge in [0.15, 0.2) is 0 Å². The fourth-order valence-corrected chi connectivity index (χ4v) is 3.38. The summed E-state index contributed by atoms with van der Waals surface area (Å²) >= 11 is 0. The molecule has 3 nitrogen and oxygen atoms in total. The third-order valence-corrected chi connectivity index (χ3v) is 4.56. The average Bonchev–Trinajstić information content (AvgIpc) is 2.39. The van der Waals surface area contributed by atoms with E-state index in [1.165, 1.54) is 44.9 Å². The van der Waals surface area contributed by atoms with E-state index >= 15 is 0 Å². The van der Waals surface area contributed by atoms with Crippen molar-refractivity contribution in [2.45, 2.75) is 76.0 Å². The molecule has 0 radical (unpaired) electrons. The first-order chi connectivity index (χ1) is 7.81. The van der Waals surface area contributed by atoms with Crippen LogP contribution in [0, 0.1) is 0 Å². The molecule has 2 rings (SSSR count). The van der Waals surface area contributed by atoms with E-state index in [9.17, 15) is 0 Å². The van der Waals surface area contributed by atoms with E-state index in [-0.39, 0.29) is 0 Å². The maximum atomic E-state index is 5.25. The molecule has 2 saturated carbocycles. The van der Waals surface area contributed by atoms with E-state index in [0.717, 1.165) is 24.9 Å². The predicted molar refractivity (Wildman–Crippen MR) is 66.0 cm³/mol. The van der Waals surface area contributed by atoms with Gasteiger partial charge in [-0.2, -0.15) is 0 Å². The second-order valence-electron chi connectivity index (χ2n) is 5.52. The molecule has 0 atom stereocenters. The van der Waals surface area contributed by atoms with Crippen LogP contribution in [-0.2, 0) is 4.84 Å². The zero-order valence-corrected chi connectivity index (χ0v) is 10.5. The van der Waals surface area contributed by atoms with Gasteiger partial charge in [-0.25, -0.2) is 5.90 Å². The normalized spacial score (nSPS) is 33.2. The Kier molecular flexibility index (Phi) is 4.62. The Labute approximate surface area is 99.3 Å². The molecule has 0 heterocycles. The molecule has 16 heavy (non-hydrogen) atoms. The van der Waals surface area contributed by atoms with Crippen molar-refractivity contribution in [1.29, 1.82) is 0 Å². The highest BCUT2D eigenvalue weighted by molar-refractivity contribution is 4.83. The molecule has 0 spiro atoms. The smallest absolute Gasteiger partial charge is 0.0788 e. The van der Waals surface area contributed by atoms with Crippen LogP contribution >= 0.6 is 0 Å². The summed E-state index contributed by atoms with van der Waals surface area (Å²) in [4.78, 5) is 7.59. The van der Waals surface area contributed by atoms with Gasteiger partial charge in [0, 0.05) is 12.1 Å². The molecule has 0 aromatic rings. The van der Waals surface area contributed by atoms with Gasteiger partial charge in [0.2, 0.25) is 0 Å². The lowest BCUT2D eigenvalue weighted by molar-refractivity contribution is 0.00129. The lowest BCUT2D eigenvalue weighted by Crippen LogP contribution is -2.44. The third-order valence-electron chi connectivity index (χ3n) is 4.56. The molecule has 2 aliphatic carbocycles. The SMILES string of the molecule is CN(C1CCCCC1)C1CCC(ON)CC1. The highest BCUT2D eigenvalue weighted by Gasteiger charge is 2.28. The largest absolute Gasteiger partial charge is 0.301 e. The summed E-state index contributed by atoms with van der Waals surface area (Å²) in [6.07, 6.45) is 12.2. The second kappa shape index (κ2) is 5.99.